The van der Waals surface area contributed by atoms with Crippen LogP contribution in [0.4, 0.5) is 14.5 Å². The fourth-order valence-corrected chi connectivity index (χ4v) is 4.63. The quantitative estimate of drug-likeness (QED) is 0.453. The molecule has 1 saturated carbocycles. The van der Waals surface area contributed by atoms with E-state index in [1.807, 2.05) is 36.4 Å². The van der Waals surface area contributed by atoms with Crippen molar-refractivity contribution in [2.24, 2.45) is 18.9 Å². The van der Waals surface area contributed by atoms with Crippen molar-refractivity contribution in [1.29, 1.82) is 0 Å². The van der Waals surface area contributed by atoms with Crippen LogP contribution in [-0.2, 0) is 18.4 Å². The summed E-state index contributed by atoms with van der Waals surface area (Å²) in [6, 6.07) is 14.8. The van der Waals surface area contributed by atoms with Gasteiger partial charge in [0.15, 0.2) is 0 Å². The molecule has 0 aliphatic heterocycles. The molecule has 4 rings (SSSR count). The molecule has 1 heterocycles. The molecule has 34 heavy (non-hydrogen) atoms. The fraction of sp³-hybridized carbons (Fsp3) is 0.385. The second-order valence-electron chi connectivity index (χ2n) is 8.81. The predicted octanol–water partition coefficient (Wildman–Crippen LogP) is 5.33. The highest BCUT2D eigenvalue weighted by Crippen LogP contribution is 2.31. The van der Waals surface area contributed by atoms with E-state index in [4.69, 9.17) is 4.74 Å². The van der Waals surface area contributed by atoms with Crippen LogP contribution in [-0.4, -0.2) is 21.6 Å². The monoisotopic (exact) mass is 469 g/mol. The van der Waals surface area contributed by atoms with Gasteiger partial charge in [-0.3, -0.25) is 13.9 Å². The summed E-state index contributed by atoms with van der Waals surface area (Å²) in [5.74, 6) is 0.868. The summed E-state index contributed by atoms with van der Waals surface area (Å²) >= 11 is 0. The van der Waals surface area contributed by atoms with E-state index in [1.165, 1.54) is 0 Å². The van der Waals surface area contributed by atoms with Crippen molar-refractivity contribution in [1.82, 2.24) is 9.13 Å². The van der Waals surface area contributed by atoms with Crippen molar-refractivity contribution >= 4 is 22.6 Å². The maximum atomic E-state index is 12.9. The van der Waals surface area contributed by atoms with Crippen LogP contribution in [0.15, 0.2) is 65.5 Å². The maximum Gasteiger partial charge on any atom is 0.328 e. The lowest BCUT2D eigenvalue weighted by Crippen LogP contribution is -2.30. The number of carbonyl (C=O) groups is 1. The van der Waals surface area contributed by atoms with Crippen molar-refractivity contribution in [2.75, 3.05) is 11.9 Å². The minimum atomic E-state index is -1.72. The third-order valence-electron chi connectivity index (χ3n) is 6.50. The summed E-state index contributed by atoms with van der Waals surface area (Å²) < 4.78 is 33.4. The molecular weight excluding hydrogens is 440 g/mol. The third-order valence-corrected chi connectivity index (χ3v) is 6.50. The van der Waals surface area contributed by atoms with Crippen molar-refractivity contribution < 1.29 is 18.3 Å². The maximum absolute atomic E-state index is 12.9. The molecule has 1 amide bonds. The number of aromatic nitrogens is 2. The summed E-state index contributed by atoms with van der Waals surface area (Å²) in [6.45, 7) is 0.706. The average molecular weight is 470 g/mol. The van der Waals surface area contributed by atoms with Gasteiger partial charge >= 0.3 is 5.69 Å². The molecule has 1 aliphatic rings. The van der Waals surface area contributed by atoms with Gasteiger partial charge in [0.25, 0.3) is 6.08 Å². The van der Waals surface area contributed by atoms with Gasteiger partial charge < -0.3 is 10.1 Å². The van der Waals surface area contributed by atoms with E-state index in [2.05, 4.69) is 5.32 Å². The number of hydrogen-bond donors (Lipinski definition) is 1. The summed E-state index contributed by atoms with van der Waals surface area (Å²) in [5.41, 5.74) is 2.27. The number of imidazole rings is 1. The smallest absolute Gasteiger partial charge is 0.328 e. The van der Waals surface area contributed by atoms with Crippen LogP contribution in [0.1, 0.15) is 32.1 Å². The highest BCUT2D eigenvalue weighted by Gasteiger charge is 2.27. The van der Waals surface area contributed by atoms with E-state index in [1.54, 1.807) is 28.3 Å². The molecule has 0 bridgehead atoms. The van der Waals surface area contributed by atoms with Gasteiger partial charge in [0, 0.05) is 37.7 Å². The molecule has 2 aromatic carbocycles. The zero-order valence-electron chi connectivity index (χ0n) is 19.2. The van der Waals surface area contributed by atoms with E-state index in [-0.39, 0.29) is 30.5 Å². The van der Waals surface area contributed by atoms with E-state index < -0.39 is 6.08 Å². The van der Waals surface area contributed by atoms with Crippen LogP contribution in [0, 0.1) is 11.8 Å². The predicted molar refractivity (Wildman–Crippen MR) is 128 cm³/mol. The molecule has 1 fully saturated rings. The van der Waals surface area contributed by atoms with Gasteiger partial charge in [-0.25, -0.2) is 4.79 Å². The number of nitrogens with one attached hydrogen (secondary N) is 1. The van der Waals surface area contributed by atoms with Gasteiger partial charge in [-0.05, 0) is 61.9 Å². The minimum absolute atomic E-state index is 0.0242. The summed E-state index contributed by atoms with van der Waals surface area (Å²) in [4.78, 5) is 25.5. The summed E-state index contributed by atoms with van der Waals surface area (Å²) in [7, 11) is 1.74. The first kappa shape index (κ1) is 23.7. The van der Waals surface area contributed by atoms with Gasteiger partial charge in [0.2, 0.25) is 5.91 Å². The van der Waals surface area contributed by atoms with E-state index >= 15 is 0 Å². The van der Waals surface area contributed by atoms with Crippen molar-refractivity contribution in [3.8, 4) is 5.75 Å². The molecule has 1 aromatic heterocycles. The molecule has 0 spiro atoms. The number of hydrogen-bond acceptors (Lipinski definition) is 3. The van der Waals surface area contributed by atoms with E-state index in [0.29, 0.717) is 18.2 Å². The Hall–Kier alpha value is -3.42. The molecule has 6 nitrogen and oxygen atoms in total. The van der Waals surface area contributed by atoms with E-state index in [0.717, 1.165) is 48.5 Å². The Bertz CT molecular complexity index is 1220. The summed E-state index contributed by atoms with van der Waals surface area (Å²) in [6.07, 6.45) is 2.53. The normalized spacial score (nSPS) is 18.0. The van der Waals surface area contributed by atoms with Gasteiger partial charge in [-0.2, -0.15) is 8.78 Å². The Labute approximate surface area is 196 Å². The Morgan fingerprint density at radius 1 is 1.09 bits per heavy atom. The Kier molecular flexibility index (Phi) is 7.45. The number of amides is 1. The zero-order chi connectivity index (χ0) is 24.1. The van der Waals surface area contributed by atoms with Crippen LogP contribution in [0.25, 0.3) is 11.0 Å². The largest absolute Gasteiger partial charge is 0.493 e. The molecule has 0 saturated heterocycles. The van der Waals surface area contributed by atoms with Crippen LogP contribution in [0.2, 0.25) is 0 Å². The molecule has 0 atom stereocenters. The van der Waals surface area contributed by atoms with Gasteiger partial charge in [0.1, 0.15) is 5.75 Å². The number of rotatable bonds is 8. The number of nitrogens with zero attached hydrogens (tertiary/aromatic N) is 2. The van der Waals surface area contributed by atoms with E-state index in [9.17, 15) is 18.4 Å². The fourth-order valence-electron chi connectivity index (χ4n) is 4.63. The molecule has 180 valence electrons. The zero-order valence-corrected chi connectivity index (χ0v) is 19.2. The van der Waals surface area contributed by atoms with Gasteiger partial charge in [-0.15, -0.1) is 0 Å². The Morgan fingerprint density at radius 2 is 1.82 bits per heavy atom. The first-order valence-electron chi connectivity index (χ1n) is 11.6. The second kappa shape index (κ2) is 10.7. The third kappa shape index (κ3) is 5.55. The molecule has 8 heteroatoms. The summed E-state index contributed by atoms with van der Waals surface area (Å²) in [5, 5.41) is 2.99. The molecule has 1 aliphatic carbocycles. The number of fused-ring (bicyclic) bond motifs is 1. The highest BCUT2D eigenvalue weighted by atomic mass is 19.3. The number of halogens is 2. The number of carbonyl (C=O) groups excluding carboxylic acids is 1. The van der Waals surface area contributed by atoms with Crippen LogP contribution >= 0.6 is 0 Å². The number of benzene rings is 2. The van der Waals surface area contributed by atoms with Crippen LogP contribution in [0.5, 0.6) is 5.75 Å². The number of para-hydroxylation sites is 1. The lowest BCUT2D eigenvalue weighted by molar-refractivity contribution is -0.121. The molecule has 3 aromatic rings. The number of anilines is 1. The Balaban J connectivity index is 1.40. The topological polar surface area (TPSA) is 65.3 Å². The van der Waals surface area contributed by atoms with Gasteiger partial charge in [0.05, 0.1) is 17.6 Å². The van der Waals surface area contributed by atoms with Crippen LogP contribution < -0.4 is 15.7 Å². The van der Waals surface area contributed by atoms with Crippen LogP contribution in [0.3, 0.4) is 0 Å². The molecule has 0 unspecified atom stereocenters. The second-order valence-corrected chi connectivity index (χ2v) is 8.81. The van der Waals surface area contributed by atoms with Crippen molar-refractivity contribution in [2.45, 2.75) is 38.6 Å². The molecular formula is C26H29F2N3O3. The highest BCUT2D eigenvalue weighted by molar-refractivity contribution is 5.92. The first-order chi connectivity index (χ1) is 16.4. The lowest BCUT2D eigenvalue weighted by atomic mass is 9.81. The minimum Gasteiger partial charge on any atom is -0.493 e. The average Bonchev–Trinajstić information content (AvgIpc) is 3.07. The molecule has 1 N–H and O–H groups in total. The van der Waals surface area contributed by atoms with Gasteiger partial charge in [-0.1, -0.05) is 18.2 Å². The number of aryl methyl sites for hydroxylation is 1. The standard InChI is InChI=1S/C26H29F2N3O3/c1-30-22-14-13-21(34-15-5-8-24(27)28)16-23(22)31(26(30)33)17-18-9-11-19(12-10-18)25(32)29-20-6-3-2-4-7-20/h2-4,6-8,13-14,16,18-19H,5,9-12,15,17H2,1H3,(H,29,32). The Morgan fingerprint density at radius 3 is 2.53 bits per heavy atom. The van der Waals surface area contributed by atoms with Crippen molar-refractivity contribution in [3.05, 3.63) is 71.2 Å². The lowest BCUT2D eigenvalue weighted by Gasteiger charge is -2.28. The molecule has 0 radical (unpaired) electrons. The van der Waals surface area contributed by atoms with Crippen molar-refractivity contribution in [3.63, 3.8) is 0 Å². The first-order valence-corrected chi connectivity index (χ1v) is 11.6. The SMILES string of the molecule is Cn1c(=O)n(CC2CCC(C(=O)Nc3ccccc3)CC2)c2cc(OCCC=C(F)F)ccc21. The number of ether oxygens (including phenoxy) is 1.